The summed E-state index contributed by atoms with van der Waals surface area (Å²) in [7, 11) is 1.33. The number of methoxy groups -OCH3 is 1. The van der Waals surface area contributed by atoms with E-state index in [1.54, 1.807) is 48.5 Å². The van der Waals surface area contributed by atoms with Gasteiger partial charge in [0, 0.05) is 5.02 Å². The van der Waals surface area contributed by atoms with Crippen molar-refractivity contribution in [2.75, 3.05) is 7.11 Å². The topological polar surface area (TPSA) is 72.5 Å². The van der Waals surface area contributed by atoms with Crippen molar-refractivity contribution in [2.24, 2.45) is 11.7 Å². The van der Waals surface area contributed by atoms with E-state index in [0.29, 0.717) is 16.1 Å². The minimum absolute atomic E-state index is 0.0598. The predicted molar refractivity (Wildman–Crippen MR) is 94.9 cm³/mol. The maximum absolute atomic E-state index is 11.6. The second-order valence-electron chi connectivity index (χ2n) is 6.11. The van der Waals surface area contributed by atoms with Crippen LogP contribution in [0.4, 0.5) is 0 Å². The van der Waals surface area contributed by atoms with Crippen LogP contribution in [0.2, 0.25) is 5.02 Å². The number of hydrogen-bond acceptors (Lipinski definition) is 4. The molecule has 3 N–H and O–H groups in total. The van der Waals surface area contributed by atoms with Gasteiger partial charge < -0.3 is 15.6 Å². The van der Waals surface area contributed by atoms with E-state index in [1.807, 2.05) is 13.8 Å². The molecule has 0 bridgehead atoms. The van der Waals surface area contributed by atoms with Gasteiger partial charge in [-0.1, -0.05) is 49.7 Å². The molecule has 2 aromatic carbocycles. The van der Waals surface area contributed by atoms with Gasteiger partial charge in [0.15, 0.2) is 0 Å². The maximum Gasteiger partial charge on any atom is 0.337 e. The normalized spacial score (nSPS) is 15.0. The highest BCUT2D eigenvalue weighted by Gasteiger charge is 2.39. The summed E-state index contributed by atoms with van der Waals surface area (Å²) in [6.07, 6.45) is -0.944. The fourth-order valence-electron chi connectivity index (χ4n) is 2.77. The van der Waals surface area contributed by atoms with Crippen molar-refractivity contribution in [1.29, 1.82) is 0 Å². The van der Waals surface area contributed by atoms with Crippen LogP contribution < -0.4 is 5.73 Å². The molecule has 4 nitrogen and oxygen atoms in total. The molecule has 0 spiro atoms. The zero-order valence-electron chi connectivity index (χ0n) is 14.0. The number of benzene rings is 2. The van der Waals surface area contributed by atoms with Crippen molar-refractivity contribution in [1.82, 2.24) is 0 Å². The summed E-state index contributed by atoms with van der Waals surface area (Å²) >= 11 is 6.03. The first-order chi connectivity index (χ1) is 11.3. The molecule has 5 heteroatoms. The lowest BCUT2D eigenvalue weighted by Gasteiger charge is -2.39. The Morgan fingerprint density at radius 2 is 1.83 bits per heavy atom. The van der Waals surface area contributed by atoms with Gasteiger partial charge in [-0.2, -0.15) is 0 Å². The first kappa shape index (κ1) is 18.5. The number of aliphatic hydroxyl groups is 1. The van der Waals surface area contributed by atoms with E-state index >= 15 is 0 Å². The fraction of sp³-hybridized carbons (Fsp3) is 0.316. The molecule has 0 radical (unpaired) electrons. The second kappa shape index (κ2) is 7.34. The molecule has 0 saturated carbocycles. The summed E-state index contributed by atoms with van der Waals surface area (Å²) in [6, 6.07) is 13.8. The van der Waals surface area contributed by atoms with Gasteiger partial charge >= 0.3 is 5.97 Å². The molecule has 0 unspecified atom stereocenters. The number of nitrogens with two attached hydrogens (primary N) is 1. The van der Waals surface area contributed by atoms with Crippen LogP contribution in [0.1, 0.15) is 41.4 Å². The van der Waals surface area contributed by atoms with Crippen molar-refractivity contribution in [3.63, 3.8) is 0 Å². The van der Waals surface area contributed by atoms with E-state index in [0.717, 1.165) is 5.56 Å². The summed E-state index contributed by atoms with van der Waals surface area (Å²) < 4.78 is 4.70. The maximum atomic E-state index is 11.6. The first-order valence-corrected chi connectivity index (χ1v) is 8.09. The molecule has 0 amide bonds. The molecule has 0 aliphatic carbocycles. The minimum Gasteiger partial charge on any atom is -0.465 e. The highest BCUT2D eigenvalue weighted by Crippen LogP contribution is 2.39. The van der Waals surface area contributed by atoms with Crippen LogP contribution in [0.3, 0.4) is 0 Å². The van der Waals surface area contributed by atoms with E-state index in [2.05, 4.69) is 0 Å². The van der Waals surface area contributed by atoms with E-state index < -0.39 is 17.6 Å². The van der Waals surface area contributed by atoms with Crippen LogP contribution in [0.5, 0.6) is 0 Å². The summed E-state index contributed by atoms with van der Waals surface area (Å²) in [4.78, 5) is 11.6. The first-order valence-electron chi connectivity index (χ1n) is 7.72. The Bertz CT molecular complexity index is 715. The summed E-state index contributed by atoms with van der Waals surface area (Å²) in [6.45, 7) is 3.89. The summed E-state index contributed by atoms with van der Waals surface area (Å²) in [5.74, 6) is -0.473. The van der Waals surface area contributed by atoms with Gasteiger partial charge in [-0.15, -0.1) is 0 Å². The van der Waals surface area contributed by atoms with Crippen molar-refractivity contribution in [3.8, 4) is 0 Å². The molecule has 0 aliphatic heterocycles. The highest BCUT2D eigenvalue weighted by atomic mass is 35.5. The van der Waals surface area contributed by atoms with Gasteiger partial charge in [-0.05, 0) is 41.3 Å². The average Bonchev–Trinajstić information content (AvgIpc) is 2.59. The standard InChI is InChI=1S/C19H22ClNO3/c1-12(2)19(21,17(22)14-5-4-6-16(20)11-14)15-9-7-13(8-10-15)18(23)24-3/h4-12,17,22H,21H2,1-3H3/t17-,19-/m1/s1. The molecule has 2 aromatic rings. The Kier molecular flexibility index (Phi) is 5.65. The van der Waals surface area contributed by atoms with Crippen LogP contribution >= 0.6 is 11.6 Å². The highest BCUT2D eigenvalue weighted by molar-refractivity contribution is 6.30. The van der Waals surface area contributed by atoms with Gasteiger partial charge in [-0.25, -0.2) is 4.79 Å². The van der Waals surface area contributed by atoms with E-state index in [1.165, 1.54) is 7.11 Å². The third kappa shape index (κ3) is 3.46. The minimum atomic E-state index is -1.03. The van der Waals surface area contributed by atoms with Crippen LogP contribution in [0.25, 0.3) is 0 Å². The summed E-state index contributed by atoms with van der Waals surface area (Å²) in [5, 5.41) is 11.5. The Morgan fingerprint density at radius 3 is 2.33 bits per heavy atom. The molecule has 128 valence electrons. The SMILES string of the molecule is COC(=O)c1ccc([C@](N)(C(C)C)[C@H](O)c2cccc(Cl)c2)cc1. The molecular formula is C19H22ClNO3. The molecule has 2 rings (SSSR count). The molecular weight excluding hydrogens is 326 g/mol. The number of esters is 1. The van der Waals surface area contributed by atoms with Crippen LogP contribution in [-0.4, -0.2) is 18.2 Å². The lowest BCUT2D eigenvalue weighted by Crippen LogP contribution is -2.47. The predicted octanol–water partition coefficient (Wildman–Crippen LogP) is 3.67. The number of hydrogen-bond donors (Lipinski definition) is 2. The molecule has 0 heterocycles. The zero-order chi connectivity index (χ0) is 17.9. The van der Waals surface area contributed by atoms with Gasteiger partial charge in [0.1, 0.15) is 6.10 Å². The number of rotatable bonds is 5. The number of halogens is 1. The van der Waals surface area contributed by atoms with Crippen molar-refractivity contribution < 1.29 is 14.6 Å². The van der Waals surface area contributed by atoms with Gasteiger partial charge in [0.2, 0.25) is 0 Å². The Balaban J connectivity index is 2.45. The fourth-order valence-corrected chi connectivity index (χ4v) is 2.97. The lowest BCUT2D eigenvalue weighted by molar-refractivity contribution is 0.0520. The number of carbonyl (C=O) groups excluding carboxylic acids is 1. The third-order valence-corrected chi connectivity index (χ3v) is 4.61. The van der Waals surface area contributed by atoms with Crippen LogP contribution in [0, 0.1) is 5.92 Å². The zero-order valence-corrected chi connectivity index (χ0v) is 14.7. The largest absolute Gasteiger partial charge is 0.465 e. The van der Waals surface area contributed by atoms with Crippen molar-refractivity contribution >= 4 is 17.6 Å². The van der Waals surface area contributed by atoms with E-state index in [9.17, 15) is 9.90 Å². The monoisotopic (exact) mass is 347 g/mol. The number of aliphatic hydroxyl groups excluding tert-OH is 1. The molecule has 0 aromatic heterocycles. The summed E-state index contributed by atoms with van der Waals surface area (Å²) in [5.41, 5.74) is 7.43. The van der Waals surface area contributed by atoms with Crippen molar-refractivity contribution in [3.05, 3.63) is 70.2 Å². The van der Waals surface area contributed by atoms with Crippen molar-refractivity contribution in [2.45, 2.75) is 25.5 Å². The molecule has 2 atom stereocenters. The van der Waals surface area contributed by atoms with Gasteiger partial charge in [0.25, 0.3) is 0 Å². The third-order valence-electron chi connectivity index (χ3n) is 4.38. The number of ether oxygens (including phenoxy) is 1. The molecule has 0 fully saturated rings. The van der Waals surface area contributed by atoms with Crippen LogP contribution in [-0.2, 0) is 10.3 Å². The van der Waals surface area contributed by atoms with Gasteiger partial charge in [0.05, 0.1) is 18.2 Å². The second-order valence-corrected chi connectivity index (χ2v) is 6.55. The Morgan fingerprint density at radius 1 is 1.21 bits per heavy atom. The Hall–Kier alpha value is -1.88. The molecule has 0 saturated heterocycles. The number of carbonyl (C=O) groups is 1. The quantitative estimate of drug-likeness (QED) is 0.809. The van der Waals surface area contributed by atoms with Crippen LogP contribution in [0.15, 0.2) is 48.5 Å². The van der Waals surface area contributed by atoms with E-state index in [-0.39, 0.29) is 5.92 Å². The Labute approximate surface area is 147 Å². The molecule has 0 aliphatic rings. The van der Waals surface area contributed by atoms with Gasteiger partial charge in [-0.3, -0.25) is 0 Å². The molecule has 24 heavy (non-hydrogen) atoms. The van der Waals surface area contributed by atoms with E-state index in [4.69, 9.17) is 22.1 Å². The lowest BCUT2D eigenvalue weighted by atomic mass is 9.74. The average molecular weight is 348 g/mol. The smallest absolute Gasteiger partial charge is 0.337 e.